The Morgan fingerprint density at radius 1 is 1.28 bits per heavy atom. The van der Waals surface area contributed by atoms with Gasteiger partial charge in [0.25, 0.3) is 5.92 Å². The minimum absolute atomic E-state index is 0.0639. The van der Waals surface area contributed by atoms with E-state index in [1.807, 2.05) is 7.05 Å². The number of methoxy groups -OCH3 is 1. The highest BCUT2D eigenvalue weighted by molar-refractivity contribution is 6.17. The number of piperidine rings is 1. The Morgan fingerprint density at radius 2 is 2.00 bits per heavy atom. The van der Waals surface area contributed by atoms with Crippen LogP contribution in [0.2, 0.25) is 0 Å². The number of urea groups is 1. The van der Waals surface area contributed by atoms with Crippen LogP contribution in [-0.4, -0.2) is 92.2 Å². The van der Waals surface area contributed by atoms with Gasteiger partial charge in [0.2, 0.25) is 0 Å². The second-order valence-electron chi connectivity index (χ2n) is 9.88. The summed E-state index contributed by atoms with van der Waals surface area (Å²) in [6.45, 7) is 1.48. The second kappa shape index (κ2) is 7.62. The van der Waals surface area contributed by atoms with Crippen molar-refractivity contribution in [3.63, 3.8) is 0 Å². The number of amides is 2. The Hall–Kier alpha value is -3.26. The summed E-state index contributed by atoms with van der Waals surface area (Å²) in [6.07, 6.45) is 3.70. The fourth-order valence-corrected chi connectivity index (χ4v) is 5.21. The molecule has 3 N–H and O–H groups in total. The summed E-state index contributed by atoms with van der Waals surface area (Å²) in [5.74, 6) is -2.83. The number of anilines is 2. The number of aromatic amines is 1. The van der Waals surface area contributed by atoms with E-state index >= 15 is 0 Å². The van der Waals surface area contributed by atoms with Crippen molar-refractivity contribution in [2.75, 3.05) is 30.4 Å². The lowest BCUT2D eigenvalue weighted by molar-refractivity contribution is -0.229. The molecule has 1 unspecified atom stereocenters. The smallest absolute Gasteiger partial charge is 0.324 e. The molecule has 2 radical (unpaired) electrons. The predicted molar refractivity (Wildman–Crippen MR) is 127 cm³/mol. The zero-order valence-corrected chi connectivity index (χ0v) is 19.8. The first-order chi connectivity index (χ1) is 17.1. The van der Waals surface area contributed by atoms with E-state index < -0.39 is 29.5 Å². The number of fused-ring (bicyclic) bond motifs is 1. The van der Waals surface area contributed by atoms with Gasteiger partial charge in [-0.15, -0.1) is 0 Å². The number of nitrogens with zero attached hydrogens (tertiary/aromatic N) is 6. The van der Waals surface area contributed by atoms with Crippen LogP contribution in [0, 0.1) is 0 Å². The number of hydrogen-bond acceptors (Lipinski definition) is 7. The SMILES string of the molecule is [B]C1(O)N(C(=O)Nc2cn[nH]c2-c2cc3c(cn2)c(N2CC(OC)C2)nn3C)C2(CC2)CCC1(F)F. The van der Waals surface area contributed by atoms with Gasteiger partial charge in [0.05, 0.1) is 34.6 Å². The average Bonchev–Trinajstić information content (AvgIpc) is 3.29. The summed E-state index contributed by atoms with van der Waals surface area (Å²) in [5.41, 5.74) is -2.09. The Morgan fingerprint density at radius 3 is 2.69 bits per heavy atom. The van der Waals surface area contributed by atoms with E-state index in [-0.39, 0.29) is 18.2 Å². The first-order valence-corrected chi connectivity index (χ1v) is 11.7. The standard InChI is InChI=1S/C22H25BF2N8O3/c1-31-16-7-14(26-8-13(16)18(30-31)32-10-12(11-32)36-2)17-15(9-27-29-17)28-19(34)33-20(3-4-20)5-6-21(24,25)22(33,23)35/h7-9,12,35H,3-6,10-11H2,1-2H3,(H,27,29)(H,28,34). The Labute approximate surface area is 206 Å². The topological polar surface area (TPSA) is 124 Å². The maximum atomic E-state index is 14.5. The van der Waals surface area contributed by atoms with E-state index in [0.717, 1.165) is 29.8 Å². The molecule has 1 spiro atoms. The molecular weight excluding hydrogens is 473 g/mol. The van der Waals surface area contributed by atoms with Crippen LogP contribution in [0.1, 0.15) is 25.7 Å². The van der Waals surface area contributed by atoms with E-state index in [0.29, 0.717) is 29.1 Å². The molecule has 3 aromatic rings. The number of rotatable bonds is 4. The van der Waals surface area contributed by atoms with Crippen molar-refractivity contribution in [1.29, 1.82) is 0 Å². The van der Waals surface area contributed by atoms with Crippen LogP contribution in [-0.2, 0) is 11.8 Å². The summed E-state index contributed by atoms with van der Waals surface area (Å²) in [5, 5.41) is 25.4. The predicted octanol–water partition coefficient (Wildman–Crippen LogP) is 1.80. The van der Waals surface area contributed by atoms with E-state index in [1.165, 1.54) is 6.20 Å². The minimum atomic E-state index is -3.64. The molecule has 3 fully saturated rings. The summed E-state index contributed by atoms with van der Waals surface area (Å²) in [6, 6.07) is 0.883. The number of likely N-dealkylation sites (tertiary alicyclic amines) is 1. The van der Waals surface area contributed by atoms with E-state index in [9.17, 15) is 18.7 Å². The number of carbonyl (C=O) groups is 1. The average molecular weight is 498 g/mol. The second-order valence-corrected chi connectivity index (χ2v) is 9.88. The molecular formula is C22H25BF2N8O3. The maximum Gasteiger partial charge on any atom is 0.324 e. The number of nitrogens with one attached hydrogen (secondary N) is 2. The molecule has 14 heteroatoms. The number of ether oxygens (including phenoxy) is 1. The number of H-pyrrole nitrogens is 1. The molecule has 3 aromatic heterocycles. The highest BCUT2D eigenvalue weighted by Gasteiger charge is 2.67. The monoisotopic (exact) mass is 498 g/mol. The quantitative estimate of drug-likeness (QED) is 0.469. The van der Waals surface area contributed by atoms with Gasteiger partial charge in [-0.05, 0) is 25.3 Å². The zero-order chi connectivity index (χ0) is 25.5. The van der Waals surface area contributed by atoms with Gasteiger partial charge in [0.1, 0.15) is 5.69 Å². The molecule has 5 heterocycles. The number of aryl methyl sites for hydroxylation is 1. The molecule has 0 bridgehead atoms. The van der Waals surface area contributed by atoms with Gasteiger partial charge in [-0.3, -0.25) is 19.7 Å². The van der Waals surface area contributed by atoms with Gasteiger partial charge < -0.3 is 20.1 Å². The van der Waals surface area contributed by atoms with Gasteiger partial charge in [-0.1, -0.05) is 0 Å². The van der Waals surface area contributed by atoms with Crippen molar-refractivity contribution < 1.29 is 23.4 Å². The normalized spacial score (nSPS) is 24.8. The van der Waals surface area contributed by atoms with Crippen molar-refractivity contribution >= 4 is 36.3 Å². The third-order valence-corrected chi connectivity index (χ3v) is 7.62. The van der Waals surface area contributed by atoms with E-state index in [1.54, 1.807) is 24.1 Å². The first kappa shape index (κ1) is 23.2. The van der Waals surface area contributed by atoms with Crippen LogP contribution < -0.4 is 10.2 Å². The molecule has 188 valence electrons. The number of carbonyl (C=O) groups excluding carboxylic acids is 1. The number of alkyl halides is 2. The molecule has 11 nitrogen and oxygen atoms in total. The van der Waals surface area contributed by atoms with E-state index in [2.05, 4.69) is 30.5 Å². The first-order valence-electron chi connectivity index (χ1n) is 11.7. The number of aliphatic hydroxyl groups is 1. The molecule has 2 aliphatic heterocycles. The van der Waals surface area contributed by atoms with Gasteiger partial charge in [-0.25, -0.2) is 13.6 Å². The molecule has 2 saturated heterocycles. The highest BCUT2D eigenvalue weighted by Crippen LogP contribution is 2.56. The highest BCUT2D eigenvalue weighted by atomic mass is 19.3. The number of aromatic nitrogens is 5. The molecule has 1 saturated carbocycles. The molecule has 3 aliphatic rings. The molecule has 2 amide bonds. The Bertz CT molecular complexity index is 1350. The lowest BCUT2D eigenvalue weighted by Crippen LogP contribution is -2.70. The third kappa shape index (κ3) is 3.30. The van der Waals surface area contributed by atoms with Crippen LogP contribution in [0.25, 0.3) is 22.3 Å². The molecule has 1 aliphatic carbocycles. The maximum absolute atomic E-state index is 14.5. The molecule has 0 aromatic carbocycles. The minimum Gasteiger partial charge on any atom is -0.378 e. The summed E-state index contributed by atoms with van der Waals surface area (Å²) < 4.78 is 36.0. The van der Waals surface area contributed by atoms with Crippen molar-refractivity contribution in [3.05, 3.63) is 18.5 Å². The lowest BCUT2D eigenvalue weighted by atomic mass is 9.75. The van der Waals surface area contributed by atoms with Gasteiger partial charge in [0, 0.05) is 45.4 Å². The molecule has 6 rings (SSSR count). The van der Waals surface area contributed by atoms with Crippen molar-refractivity contribution in [2.45, 2.75) is 48.9 Å². The van der Waals surface area contributed by atoms with E-state index in [4.69, 9.17) is 12.6 Å². The van der Waals surface area contributed by atoms with Gasteiger partial charge >= 0.3 is 6.03 Å². The van der Waals surface area contributed by atoms with Crippen LogP contribution in [0.4, 0.5) is 25.1 Å². The van der Waals surface area contributed by atoms with Crippen LogP contribution in [0.5, 0.6) is 0 Å². The van der Waals surface area contributed by atoms with Gasteiger partial charge in [0.15, 0.2) is 19.3 Å². The van der Waals surface area contributed by atoms with Crippen molar-refractivity contribution in [3.8, 4) is 11.4 Å². The number of halogens is 2. The van der Waals surface area contributed by atoms with Crippen molar-refractivity contribution in [1.82, 2.24) is 29.9 Å². The zero-order valence-electron chi connectivity index (χ0n) is 19.8. The Kier molecular flexibility index (Phi) is 4.90. The molecule has 1 atom stereocenters. The lowest BCUT2D eigenvalue weighted by Gasteiger charge is -2.51. The fourth-order valence-electron chi connectivity index (χ4n) is 5.21. The van der Waals surface area contributed by atoms with Crippen LogP contribution in [0.15, 0.2) is 18.5 Å². The molecule has 36 heavy (non-hydrogen) atoms. The van der Waals surface area contributed by atoms with Crippen LogP contribution >= 0.6 is 0 Å². The third-order valence-electron chi connectivity index (χ3n) is 7.62. The summed E-state index contributed by atoms with van der Waals surface area (Å²) in [7, 11) is 9.16. The fraction of sp³-hybridized carbons (Fsp3) is 0.545. The Balaban J connectivity index is 1.28. The summed E-state index contributed by atoms with van der Waals surface area (Å²) in [4.78, 5) is 20.5. The number of hydrogen-bond donors (Lipinski definition) is 3. The van der Waals surface area contributed by atoms with Crippen molar-refractivity contribution in [2.24, 2.45) is 7.05 Å². The summed E-state index contributed by atoms with van der Waals surface area (Å²) >= 11 is 0. The van der Waals surface area contributed by atoms with Gasteiger partial charge in [-0.2, -0.15) is 10.2 Å². The number of pyridine rings is 1. The largest absolute Gasteiger partial charge is 0.378 e. The van der Waals surface area contributed by atoms with Crippen LogP contribution in [0.3, 0.4) is 0 Å².